The van der Waals surface area contributed by atoms with E-state index in [4.69, 9.17) is 4.74 Å². The smallest absolute Gasteiger partial charge is 0.306 e. The monoisotopic (exact) mass is 356 g/mol. The van der Waals surface area contributed by atoms with Gasteiger partial charge in [-0.15, -0.1) is 0 Å². The van der Waals surface area contributed by atoms with Crippen molar-refractivity contribution in [1.29, 1.82) is 0 Å². The van der Waals surface area contributed by atoms with Gasteiger partial charge in [-0.25, -0.2) is 0 Å². The van der Waals surface area contributed by atoms with E-state index in [2.05, 4.69) is 0 Å². The summed E-state index contributed by atoms with van der Waals surface area (Å²) in [4.78, 5) is 32.7. The number of aliphatic carboxylic acids is 1. The molecule has 0 heterocycles. The van der Waals surface area contributed by atoms with Gasteiger partial charge < -0.3 is 19.1 Å². The van der Waals surface area contributed by atoms with Crippen molar-refractivity contribution >= 4 is 18.2 Å². The molecule has 0 aliphatic rings. The summed E-state index contributed by atoms with van der Waals surface area (Å²) in [6, 6.07) is 0. The van der Waals surface area contributed by atoms with Gasteiger partial charge in [0.05, 0.1) is 21.1 Å². The Hall–Kier alpha value is -1.43. The van der Waals surface area contributed by atoms with Crippen molar-refractivity contribution in [3.8, 4) is 0 Å². The van der Waals surface area contributed by atoms with E-state index < -0.39 is 12.1 Å². The quantitative estimate of drug-likeness (QED) is 0.239. The van der Waals surface area contributed by atoms with Gasteiger partial charge in [0.2, 0.25) is 0 Å². The lowest BCUT2D eigenvalue weighted by atomic mass is 10.1. The molecule has 1 unspecified atom stereocenters. The van der Waals surface area contributed by atoms with Crippen molar-refractivity contribution in [3.05, 3.63) is 0 Å². The lowest BCUT2D eigenvalue weighted by Gasteiger charge is -2.29. The third-order valence-electron chi connectivity index (χ3n) is 3.85. The second kappa shape index (κ2) is 13.8. The van der Waals surface area contributed by atoms with E-state index in [1.807, 2.05) is 27.4 Å². The lowest BCUT2D eigenvalue weighted by molar-refractivity contribution is -0.873. The molecule has 0 saturated carbocycles. The van der Waals surface area contributed by atoms with Crippen LogP contribution in [0.2, 0.25) is 0 Å². The Bertz CT molecular complexity index is 390. The first-order valence-electron chi connectivity index (χ1n) is 9.29. The molecule has 1 atom stereocenters. The lowest BCUT2D eigenvalue weighted by Crippen LogP contribution is -2.45. The Kier molecular flexibility index (Phi) is 13.0. The molecule has 0 aromatic heterocycles. The summed E-state index contributed by atoms with van der Waals surface area (Å²) in [5.41, 5.74) is 0. The third-order valence-corrected chi connectivity index (χ3v) is 3.85. The molecule has 0 aromatic rings. The highest BCUT2D eigenvalue weighted by Gasteiger charge is 2.22. The molecule has 0 saturated heterocycles. The molecule has 0 aliphatic carbocycles. The maximum absolute atomic E-state index is 11.9. The average molecular weight is 356 g/mol. The summed E-state index contributed by atoms with van der Waals surface area (Å²) in [7, 11) is 5.77. The van der Waals surface area contributed by atoms with Crippen molar-refractivity contribution in [2.45, 2.75) is 76.7 Å². The molecule has 0 N–H and O–H groups in total. The number of hydrogen-bond donors (Lipinski definition) is 0. The molecule has 0 spiro atoms. The zero-order chi connectivity index (χ0) is 19.1. The van der Waals surface area contributed by atoms with E-state index >= 15 is 0 Å². The predicted molar refractivity (Wildman–Crippen MR) is 94.3 cm³/mol. The molecule has 1 radical (unpaired) electrons. The van der Waals surface area contributed by atoms with E-state index in [1.54, 1.807) is 0 Å². The Morgan fingerprint density at radius 1 is 0.960 bits per heavy atom. The van der Waals surface area contributed by atoms with Gasteiger partial charge in [0, 0.05) is 25.2 Å². The Labute approximate surface area is 152 Å². The number of hydrogen-bond acceptors (Lipinski definition) is 5. The summed E-state index contributed by atoms with van der Waals surface area (Å²) >= 11 is 0. The largest absolute Gasteiger partial charge is 0.550 e. The first kappa shape index (κ1) is 23.6. The highest BCUT2D eigenvalue weighted by Crippen LogP contribution is 2.12. The normalized spacial score (nSPS) is 12.6. The number of ether oxygens (including phenoxy) is 1. The summed E-state index contributed by atoms with van der Waals surface area (Å²) in [5.74, 6) is -1.53. The third kappa shape index (κ3) is 17.2. The number of nitrogens with zero attached hydrogens (tertiary/aromatic N) is 1. The summed E-state index contributed by atoms with van der Waals surface area (Å²) in [5, 5.41) is 10.8. The van der Waals surface area contributed by atoms with Crippen LogP contribution in [0, 0.1) is 0 Å². The van der Waals surface area contributed by atoms with Crippen LogP contribution in [0.5, 0.6) is 0 Å². The van der Waals surface area contributed by atoms with Gasteiger partial charge in [0.1, 0.15) is 6.54 Å². The molecular weight excluding hydrogens is 322 g/mol. The van der Waals surface area contributed by atoms with Crippen LogP contribution in [-0.2, 0) is 19.1 Å². The van der Waals surface area contributed by atoms with Crippen LogP contribution < -0.4 is 5.11 Å². The molecule has 6 heteroatoms. The van der Waals surface area contributed by atoms with Gasteiger partial charge in [0.25, 0.3) is 0 Å². The SMILES string of the molecule is C[N+](C)(C)CC(CC(=O)[O-])OC(=O)CCCCCCCCCC[C]=O. The van der Waals surface area contributed by atoms with Crippen LogP contribution in [0.3, 0.4) is 0 Å². The molecule has 145 valence electrons. The van der Waals surface area contributed by atoms with E-state index in [0.29, 0.717) is 23.9 Å². The number of esters is 1. The zero-order valence-electron chi connectivity index (χ0n) is 16.1. The Balaban J connectivity index is 3.78. The van der Waals surface area contributed by atoms with E-state index in [9.17, 15) is 19.5 Å². The second-order valence-corrected chi connectivity index (χ2v) is 7.63. The van der Waals surface area contributed by atoms with Crippen LogP contribution >= 0.6 is 0 Å². The average Bonchev–Trinajstić information content (AvgIpc) is 2.46. The van der Waals surface area contributed by atoms with Crippen molar-refractivity contribution in [1.82, 2.24) is 0 Å². The second-order valence-electron chi connectivity index (χ2n) is 7.63. The van der Waals surface area contributed by atoms with Crippen LogP contribution in [0.25, 0.3) is 0 Å². The van der Waals surface area contributed by atoms with Crippen molar-refractivity contribution in [2.75, 3.05) is 27.7 Å². The summed E-state index contributed by atoms with van der Waals surface area (Å²) in [6.45, 7) is 0.446. The predicted octanol–water partition coefficient (Wildman–Crippen LogP) is 1.76. The number of quaternary nitrogens is 1. The molecule has 0 aromatic carbocycles. The minimum atomic E-state index is -1.20. The fourth-order valence-electron chi connectivity index (χ4n) is 2.71. The standard InChI is InChI=1S/C19H34NO5/c1-20(2,3)16-17(15-18(22)23)25-19(24)13-11-9-7-5-4-6-8-10-12-14-21/h17H,4-13,15-16H2,1-3H3. The van der Waals surface area contributed by atoms with Gasteiger partial charge in [0.15, 0.2) is 12.4 Å². The van der Waals surface area contributed by atoms with Crippen molar-refractivity contribution in [2.24, 2.45) is 0 Å². The highest BCUT2D eigenvalue weighted by atomic mass is 16.5. The fraction of sp³-hybridized carbons (Fsp3) is 0.842. The number of likely N-dealkylation sites (N-methyl/N-ethyl adjacent to an activating group) is 1. The first-order chi connectivity index (χ1) is 11.7. The summed E-state index contributed by atoms with van der Waals surface area (Å²) in [6.07, 6.45) is 10.1. The van der Waals surface area contributed by atoms with E-state index in [0.717, 1.165) is 51.4 Å². The zero-order valence-corrected chi connectivity index (χ0v) is 16.1. The maximum Gasteiger partial charge on any atom is 0.306 e. The van der Waals surface area contributed by atoms with Crippen LogP contribution in [0.15, 0.2) is 0 Å². The van der Waals surface area contributed by atoms with Gasteiger partial charge in [-0.2, -0.15) is 0 Å². The molecule has 25 heavy (non-hydrogen) atoms. The molecule has 0 aliphatic heterocycles. The van der Waals surface area contributed by atoms with E-state index in [-0.39, 0.29) is 12.4 Å². The number of carbonyl (C=O) groups is 2. The van der Waals surface area contributed by atoms with Crippen LogP contribution in [0.4, 0.5) is 0 Å². The first-order valence-corrected chi connectivity index (χ1v) is 9.29. The number of rotatable bonds is 16. The van der Waals surface area contributed by atoms with Crippen molar-refractivity contribution < 1.29 is 28.7 Å². The molecule has 0 bridgehead atoms. The van der Waals surface area contributed by atoms with Gasteiger partial charge >= 0.3 is 5.97 Å². The van der Waals surface area contributed by atoms with E-state index in [1.165, 1.54) is 0 Å². The minimum absolute atomic E-state index is 0.261. The summed E-state index contributed by atoms with van der Waals surface area (Å²) < 4.78 is 5.84. The number of carboxylic acid groups (broad SMARTS) is 1. The molecule has 0 fully saturated rings. The Morgan fingerprint density at radius 2 is 1.48 bits per heavy atom. The highest BCUT2D eigenvalue weighted by molar-refractivity contribution is 5.70. The molecule has 0 rings (SSSR count). The maximum atomic E-state index is 11.9. The molecule has 0 amide bonds. The molecular formula is C19H34NO5. The Morgan fingerprint density at radius 3 is 1.96 bits per heavy atom. The topological polar surface area (TPSA) is 83.5 Å². The fourth-order valence-corrected chi connectivity index (χ4v) is 2.71. The molecule has 6 nitrogen and oxygen atoms in total. The van der Waals surface area contributed by atoms with Gasteiger partial charge in [-0.3, -0.25) is 9.59 Å². The van der Waals surface area contributed by atoms with Crippen molar-refractivity contribution in [3.63, 3.8) is 0 Å². The number of unbranched alkanes of at least 4 members (excludes halogenated alkanes) is 8. The van der Waals surface area contributed by atoms with Gasteiger partial charge in [-0.05, 0) is 12.8 Å². The van der Waals surface area contributed by atoms with Gasteiger partial charge in [-0.1, -0.05) is 38.5 Å². The van der Waals surface area contributed by atoms with Crippen LogP contribution in [-0.4, -0.2) is 56.5 Å². The minimum Gasteiger partial charge on any atom is -0.550 e. The number of carboxylic acids is 1. The van der Waals surface area contributed by atoms with Crippen LogP contribution in [0.1, 0.15) is 70.6 Å². The number of carbonyl (C=O) groups excluding carboxylic acids is 3.